The minimum atomic E-state index is -0.409. The van der Waals surface area contributed by atoms with E-state index >= 15 is 0 Å². The maximum Gasteiger partial charge on any atom is 0.257 e. The molecule has 0 aliphatic rings. The van der Waals surface area contributed by atoms with Gasteiger partial charge in [0.1, 0.15) is 5.56 Å². The highest BCUT2D eigenvalue weighted by molar-refractivity contribution is 6.30. The Morgan fingerprint density at radius 3 is 2.63 bits per heavy atom. The Morgan fingerprint density at radius 2 is 1.93 bits per heavy atom. The van der Waals surface area contributed by atoms with Crippen molar-refractivity contribution in [2.75, 3.05) is 6.61 Å². The Hall–Kier alpha value is -2.63. The standard InChI is InChI=1S/C21H21ClN2O3/c1-24-13-18(21(27)23-12-14-7-9-16(22)10-8-14)20(26)17-6-2-4-15(19(17)24)5-3-11-25/h2,4,6-10,13,25H,3,5,11-12H2,1H3,(H,23,27). The zero-order valence-corrected chi connectivity index (χ0v) is 15.8. The summed E-state index contributed by atoms with van der Waals surface area (Å²) in [7, 11) is 1.82. The fourth-order valence-corrected chi connectivity index (χ4v) is 3.29. The molecular weight excluding hydrogens is 364 g/mol. The van der Waals surface area contributed by atoms with E-state index in [1.807, 2.05) is 31.3 Å². The fourth-order valence-electron chi connectivity index (χ4n) is 3.17. The number of rotatable bonds is 6. The van der Waals surface area contributed by atoms with E-state index < -0.39 is 5.91 Å². The van der Waals surface area contributed by atoms with Crippen LogP contribution in [0.15, 0.2) is 53.5 Å². The van der Waals surface area contributed by atoms with Crippen LogP contribution in [-0.2, 0) is 20.0 Å². The molecule has 0 saturated carbocycles. The second-order valence-electron chi connectivity index (χ2n) is 6.43. The number of para-hydroxylation sites is 1. The fraction of sp³-hybridized carbons (Fsp3) is 0.238. The van der Waals surface area contributed by atoms with E-state index in [0.29, 0.717) is 29.8 Å². The highest BCUT2D eigenvalue weighted by Gasteiger charge is 2.16. The molecule has 0 unspecified atom stereocenters. The van der Waals surface area contributed by atoms with E-state index in [9.17, 15) is 9.59 Å². The SMILES string of the molecule is Cn1cc(C(=O)NCc2ccc(Cl)cc2)c(=O)c2cccc(CCCO)c21. The van der Waals surface area contributed by atoms with E-state index in [0.717, 1.165) is 16.6 Å². The van der Waals surface area contributed by atoms with Crippen molar-refractivity contribution in [3.63, 3.8) is 0 Å². The van der Waals surface area contributed by atoms with E-state index in [1.54, 1.807) is 29.0 Å². The van der Waals surface area contributed by atoms with Gasteiger partial charge in [0.25, 0.3) is 5.91 Å². The summed E-state index contributed by atoms with van der Waals surface area (Å²) in [5, 5.41) is 13.0. The largest absolute Gasteiger partial charge is 0.396 e. The predicted octanol–water partition coefficient (Wildman–Crippen LogP) is 3.05. The average molecular weight is 385 g/mol. The van der Waals surface area contributed by atoms with Crippen molar-refractivity contribution in [1.29, 1.82) is 0 Å². The Bertz CT molecular complexity index is 1030. The van der Waals surface area contributed by atoms with Gasteiger partial charge < -0.3 is 15.0 Å². The first-order chi connectivity index (χ1) is 13.0. The highest BCUT2D eigenvalue weighted by atomic mass is 35.5. The molecule has 0 aliphatic carbocycles. The van der Waals surface area contributed by atoms with Crippen molar-refractivity contribution in [2.24, 2.45) is 7.05 Å². The minimum Gasteiger partial charge on any atom is -0.396 e. The number of pyridine rings is 1. The van der Waals surface area contributed by atoms with Gasteiger partial charge in [-0.2, -0.15) is 0 Å². The van der Waals surface area contributed by atoms with Gasteiger partial charge >= 0.3 is 0 Å². The van der Waals surface area contributed by atoms with Gasteiger partial charge in [-0.05, 0) is 42.2 Å². The van der Waals surface area contributed by atoms with Crippen LogP contribution in [0.5, 0.6) is 0 Å². The molecule has 0 bridgehead atoms. The molecule has 1 aromatic heterocycles. The van der Waals surface area contributed by atoms with Crippen LogP contribution in [0.3, 0.4) is 0 Å². The summed E-state index contributed by atoms with van der Waals surface area (Å²) in [6.07, 6.45) is 2.87. The zero-order valence-electron chi connectivity index (χ0n) is 15.0. The van der Waals surface area contributed by atoms with E-state index in [2.05, 4.69) is 5.32 Å². The third-order valence-electron chi connectivity index (χ3n) is 4.50. The summed E-state index contributed by atoms with van der Waals surface area (Å²) in [6.45, 7) is 0.406. The van der Waals surface area contributed by atoms with E-state index in [4.69, 9.17) is 16.7 Å². The maximum absolute atomic E-state index is 12.9. The summed E-state index contributed by atoms with van der Waals surface area (Å²) in [5.41, 5.74) is 2.50. The lowest BCUT2D eigenvalue weighted by Gasteiger charge is -2.13. The maximum atomic E-state index is 12.9. The van der Waals surface area contributed by atoms with Crippen LogP contribution < -0.4 is 10.7 Å². The Balaban J connectivity index is 1.90. The molecule has 2 aromatic carbocycles. The Kier molecular flexibility index (Phi) is 5.94. The quantitative estimate of drug-likeness (QED) is 0.686. The van der Waals surface area contributed by atoms with Crippen molar-refractivity contribution in [3.8, 4) is 0 Å². The first-order valence-corrected chi connectivity index (χ1v) is 9.14. The number of carbonyl (C=O) groups is 1. The van der Waals surface area contributed by atoms with Crippen molar-refractivity contribution in [2.45, 2.75) is 19.4 Å². The number of halogens is 1. The van der Waals surface area contributed by atoms with E-state index in [-0.39, 0.29) is 17.6 Å². The van der Waals surface area contributed by atoms with Gasteiger partial charge in [0.2, 0.25) is 5.43 Å². The van der Waals surface area contributed by atoms with Gasteiger partial charge in [0.15, 0.2) is 0 Å². The van der Waals surface area contributed by atoms with Crippen LogP contribution in [0, 0.1) is 0 Å². The number of aryl methyl sites for hydroxylation is 2. The van der Waals surface area contributed by atoms with Gasteiger partial charge in [-0.1, -0.05) is 35.9 Å². The molecule has 1 amide bonds. The number of hydrogen-bond acceptors (Lipinski definition) is 3. The first kappa shape index (κ1) is 19.1. The number of aliphatic hydroxyl groups excluding tert-OH is 1. The van der Waals surface area contributed by atoms with Crippen LogP contribution >= 0.6 is 11.6 Å². The first-order valence-electron chi connectivity index (χ1n) is 8.76. The summed E-state index contributed by atoms with van der Waals surface area (Å²) >= 11 is 5.86. The molecule has 0 radical (unpaired) electrons. The molecule has 2 N–H and O–H groups in total. The molecule has 0 fully saturated rings. The second kappa shape index (κ2) is 8.37. The van der Waals surface area contributed by atoms with Crippen LogP contribution in [0.25, 0.3) is 10.9 Å². The van der Waals surface area contributed by atoms with Crippen LogP contribution in [0.4, 0.5) is 0 Å². The molecule has 6 heteroatoms. The number of fused-ring (bicyclic) bond motifs is 1. The lowest BCUT2D eigenvalue weighted by molar-refractivity contribution is 0.0949. The highest BCUT2D eigenvalue weighted by Crippen LogP contribution is 2.18. The monoisotopic (exact) mass is 384 g/mol. The van der Waals surface area contributed by atoms with Crippen molar-refractivity contribution in [3.05, 3.63) is 80.6 Å². The summed E-state index contributed by atoms with van der Waals surface area (Å²) in [6, 6.07) is 12.7. The molecule has 0 spiro atoms. The lowest BCUT2D eigenvalue weighted by Crippen LogP contribution is -2.29. The van der Waals surface area contributed by atoms with E-state index in [1.165, 1.54) is 0 Å². The third kappa shape index (κ3) is 4.21. The molecule has 27 heavy (non-hydrogen) atoms. The summed E-state index contributed by atoms with van der Waals surface area (Å²) < 4.78 is 1.81. The Morgan fingerprint density at radius 1 is 1.19 bits per heavy atom. The molecule has 140 valence electrons. The molecule has 0 atom stereocenters. The summed E-state index contributed by atoms with van der Waals surface area (Å²) in [5.74, 6) is -0.409. The van der Waals surface area contributed by atoms with Crippen LogP contribution in [-0.4, -0.2) is 22.2 Å². The molecule has 3 aromatic rings. The van der Waals surface area contributed by atoms with Crippen molar-refractivity contribution >= 4 is 28.4 Å². The number of amides is 1. The zero-order chi connectivity index (χ0) is 19.4. The molecule has 5 nitrogen and oxygen atoms in total. The molecule has 0 saturated heterocycles. The number of aliphatic hydroxyl groups is 1. The Labute approximate surface area is 162 Å². The number of benzene rings is 2. The minimum absolute atomic E-state index is 0.0928. The number of carbonyl (C=O) groups excluding carboxylic acids is 1. The number of hydrogen-bond donors (Lipinski definition) is 2. The normalized spacial score (nSPS) is 10.9. The number of aromatic nitrogens is 1. The van der Waals surface area contributed by atoms with Gasteiger partial charge in [-0.3, -0.25) is 9.59 Å². The van der Waals surface area contributed by atoms with Crippen molar-refractivity contribution < 1.29 is 9.90 Å². The van der Waals surface area contributed by atoms with Crippen LogP contribution in [0.1, 0.15) is 27.9 Å². The van der Waals surface area contributed by atoms with Gasteiger partial charge in [-0.25, -0.2) is 0 Å². The molecule has 1 heterocycles. The second-order valence-corrected chi connectivity index (χ2v) is 6.87. The smallest absolute Gasteiger partial charge is 0.257 e. The van der Waals surface area contributed by atoms with Crippen molar-refractivity contribution in [1.82, 2.24) is 9.88 Å². The topological polar surface area (TPSA) is 71.3 Å². The van der Waals surface area contributed by atoms with Gasteiger partial charge in [-0.15, -0.1) is 0 Å². The van der Waals surface area contributed by atoms with Gasteiger partial charge in [0, 0.05) is 36.8 Å². The summed E-state index contributed by atoms with van der Waals surface area (Å²) in [4.78, 5) is 25.4. The lowest BCUT2D eigenvalue weighted by atomic mass is 10.0. The molecule has 0 aliphatic heterocycles. The van der Waals surface area contributed by atoms with Gasteiger partial charge in [0.05, 0.1) is 5.52 Å². The van der Waals surface area contributed by atoms with Crippen LogP contribution in [0.2, 0.25) is 5.02 Å². The average Bonchev–Trinajstić information content (AvgIpc) is 2.68. The number of nitrogens with one attached hydrogen (secondary N) is 1. The molecular formula is C21H21ClN2O3. The molecule has 3 rings (SSSR count). The predicted molar refractivity (Wildman–Crippen MR) is 107 cm³/mol. The number of nitrogens with zero attached hydrogens (tertiary/aromatic N) is 1. The third-order valence-corrected chi connectivity index (χ3v) is 4.75.